The fourth-order valence-electron chi connectivity index (χ4n) is 1.24. The standard InChI is InChI=1S/C9H6N3O2/c10-9-6-3-1-2-4-7(6)11-5-8(9)12(13)14/h1-4H,(H2,10,11). The number of aromatic nitrogens is 1. The van der Waals surface area contributed by atoms with Gasteiger partial charge in [0.1, 0.15) is 5.69 Å². The first-order valence-electron chi connectivity index (χ1n) is 3.90. The fraction of sp³-hybridized carbons (Fsp3) is 0. The number of nitrogens with two attached hydrogens (primary N) is 1. The average Bonchev–Trinajstić information content (AvgIpc) is 2.18. The van der Waals surface area contributed by atoms with Crippen LogP contribution in [0.25, 0.3) is 10.9 Å². The van der Waals surface area contributed by atoms with Crippen LogP contribution in [0.15, 0.2) is 24.3 Å². The molecule has 0 atom stereocenters. The zero-order valence-corrected chi connectivity index (χ0v) is 7.10. The Morgan fingerprint density at radius 1 is 1.43 bits per heavy atom. The maximum atomic E-state index is 10.5. The summed E-state index contributed by atoms with van der Waals surface area (Å²) in [4.78, 5) is 13.7. The second-order valence-corrected chi connectivity index (χ2v) is 2.76. The molecule has 2 aromatic rings. The lowest BCUT2D eigenvalue weighted by Crippen LogP contribution is -1.98. The van der Waals surface area contributed by atoms with E-state index in [1.807, 2.05) is 0 Å². The van der Waals surface area contributed by atoms with Crippen molar-refractivity contribution < 1.29 is 4.92 Å². The Morgan fingerprint density at radius 3 is 2.86 bits per heavy atom. The van der Waals surface area contributed by atoms with Gasteiger partial charge in [0.2, 0.25) is 0 Å². The molecule has 0 unspecified atom stereocenters. The Morgan fingerprint density at radius 2 is 2.14 bits per heavy atom. The number of para-hydroxylation sites is 1. The van der Waals surface area contributed by atoms with Gasteiger partial charge in [0.25, 0.3) is 0 Å². The van der Waals surface area contributed by atoms with E-state index in [-0.39, 0.29) is 11.4 Å². The Kier molecular flexibility index (Phi) is 1.78. The van der Waals surface area contributed by atoms with Crippen molar-refractivity contribution in [2.24, 2.45) is 0 Å². The predicted molar refractivity (Wildman–Crippen MR) is 51.6 cm³/mol. The summed E-state index contributed by atoms with van der Waals surface area (Å²) in [6.07, 6.45) is 2.31. The summed E-state index contributed by atoms with van der Waals surface area (Å²) in [7, 11) is 0. The van der Waals surface area contributed by atoms with E-state index in [2.05, 4.69) is 11.2 Å². The Hall–Kier alpha value is -2.17. The van der Waals surface area contributed by atoms with E-state index >= 15 is 0 Å². The van der Waals surface area contributed by atoms with Crippen molar-refractivity contribution in [1.82, 2.24) is 4.98 Å². The number of pyridine rings is 1. The van der Waals surface area contributed by atoms with Gasteiger partial charge in [0.05, 0.1) is 10.4 Å². The van der Waals surface area contributed by atoms with Crippen molar-refractivity contribution in [1.29, 1.82) is 0 Å². The number of nitrogens with zero attached hydrogens (tertiary/aromatic N) is 2. The summed E-state index contributed by atoms with van der Waals surface area (Å²) < 4.78 is 0. The van der Waals surface area contributed by atoms with Crippen LogP contribution in [0, 0.1) is 16.3 Å². The number of nitro groups is 1. The van der Waals surface area contributed by atoms with Gasteiger partial charge in [-0.05, 0) is 6.07 Å². The highest BCUT2D eigenvalue weighted by atomic mass is 16.6. The Bertz CT molecular complexity index is 510. The van der Waals surface area contributed by atoms with E-state index in [1.165, 1.54) is 0 Å². The summed E-state index contributed by atoms with van der Waals surface area (Å²) in [5, 5.41) is 11.1. The predicted octanol–water partition coefficient (Wildman–Crippen LogP) is 1.53. The smallest absolute Gasteiger partial charge is 0.320 e. The highest BCUT2D eigenvalue weighted by Crippen LogP contribution is 2.27. The molecule has 1 heterocycles. The first-order chi connectivity index (χ1) is 6.70. The van der Waals surface area contributed by atoms with Crippen molar-refractivity contribution in [3.05, 3.63) is 40.6 Å². The lowest BCUT2D eigenvalue weighted by atomic mass is 10.2. The molecule has 1 aromatic heterocycles. The molecule has 0 aliphatic heterocycles. The van der Waals surface area contributed by atoms with E-state index < -0.39 is 4.92 Å². The lowest BCUT2D eigenvalue weighted by molar-refractivity contribution is -0.384. The monoisotopic (exact) mass is 188 g/mol. The molecule has 69 valence electrons. The van der Waals surface area contributed by atoms with E-state index in [4.69, 9.17) is 5.73 Å². The van der Waals surface area contributed by atoms with Gasteiger partial charge in [-0.15, -0.1) is 0 Å². The van der Waals surface area contributed by atoms with Gasteiger partial charge in [-0.2, -0.15) is 0 Å². The maximum Gasteiger partial charge on any atom is 0.320 e. The number of rotatable bonds is 1. The third-order valence-corrected chi connectivity index (χ3v) is 1.91. The van der Waals surface area contributed by atoms with Crippen molar-refractivity contribution in [3.8, 4) is 0 Å². The molecular formula is C9H6N3O2. The van der Waals surface area contributed by atoms with Crippen LogP contribution < -0.4 is 5.73 Å². The van der Waals surface area contributed by atoms with Gasteiger partial charge in [-0.25, -0.2) is 4.98 Å². The average molecular weight is 188 g/mol. The van der Waals surface area contributed by atoms with E-state index in [9.17, 15) is 10.1 Å². The number of hydrogen-bond donors (Lipinski definition) is 1. The summed E-state index contributed by atoms with van der Waals surface area (Å²) in [5.41, 5.74) is 6.05. The van der Waals surface area contributed by atoms with E-state index in [0.29, 0.717) is 10.9 Å². The summed E-state index contributed by atoms with van der Waals surface area (Å²) >= 11 is 0. The number of anilines is 1. The summed E-state index contributed by atoms with van der Waals surface area (Å²) in [6, 6.07) is 6.96. The minimum atomic E-state index is -0.589. The lowest BCUT2D eigenvalue weighted by Gasteiger charge is -2.00. The molecule has 0 aliphatic carbocycles. The SMILES string of the molecule is Nc1c([N+](=O)[O-])[c]nc2ccccc12. The van der Waals surface area contributed by atoms with Crippen LogP contribution in [0.2, 0.25) is 0 Å². The van der Waals surface area contributed by atoms with Crippen LogP contribution in [0.4, 0.5) is 11.4 Å². The van der Waals surface area contributed by atoms with Gasteiger partial charge >= 0.3 is 5.69 Å². The molecule has 5 heteroatoms. The first-order valence-corrected chi connectivity index (χ1v) is 3.90. The molecule has 1 radical (unpaired) electrons. The van der Waals surface area contributed by atoms with Crippen molar-refractivity contribution >= 4 is 22.3 Å². The maximum absolute atomic E-state index is 10.5. The van der Waals surface area contributed by atoms with Crippen LogP contribution in [0.1, 0.15) is 0 Å². The minimum Gasteiger partial charge on any atom is -0.393 e. The largest absolute Gasteiger partial charge is 0.393 e. The van der Waals surface area contributed by atoms with Gasteiger partial charge in [-0.3, -0.25) is 10.1 Å². The Balaban J connectivity index is 2.81. The second kappa shape index (κ2) is 2.95. The highest BCUT2D eigenvalue weighted by molar-refractivity contribution is 5.93. The second-order valence-electron chi connectivity index (χ2n) is 2.76. The molecule has 0 amide bonds. The van der Waals surface area contributed by atoms with E-state index in [1.54, 1.807) is 24.3 Å². The van der Waals surface area contributed by atoms with Crippen molar-refractivity contribution in [2.45, 2.75) is 0 Å². The van der Waals surface area contributed by atoms with Gasteiger partial charge in [0.15, 0.2) is 6.20 Å². The van der Waals surface area contributed by atoms with Gasteiger partial charge in [0, 0.05) is 5.39 Å². The molecule has 0 spiro atoms. The first kappa shape index (κ1) is 8.43. The molecule has 14 heavy (non-hydrogen) atoms. The molecule has 0 aliphatic rings. The number of nitrogen functional groups attached to an aromatic ring is 1. The van der Waals surface area contributed by atoms with Crippen molar-refractivity contribution in [2.75, 3.05) is 5.73 Å². The topological polar surface area (TPSA) is 82.0 Å². The molecular weight excluding hydrogens is 182 g/mol. The van der Waals surface area contributed by atoms with Crippen LogP contribution in [-0.2, 0) is 0 Å². The molecule has 5 nitrogen and oxygen atoms in total. The fourth-order valence-corrected chi connectivity index (χ4v) is 1.24. The molecule has 1 aromatic carbocycles. The normalized spacial score (nSPS) is 10.3. The quantitative estimate of drug-likeness (QED) is 0.543. The zero-order valence-electron chi connectivity index (χ0n) is 7.10. The zero-order chi connectivity index (χ0) is 10.1. The molecule has 0 fully saturated rings. The Labute approximate surface area is 79.3 Å². The third kappa shape index (κ3) is 1.15. The third-order valence-electron chi connectivity index (χ3n) is 1.91. The van der Waals surface area contributed by atoms with Gasteiger partial charge in [-0.1, -0.05) is 18.2 Å². The highest BCUT2D eigenvalue weighted by Gasteiger charge is 2.14. The van der Waals surface area contributed by atoms with E-state index in [0.717, 1.165) is 0 Å². The van der Waals surface area contributed by atoms with Crippen LogP contribution in [0.3, 0.4) is 0 Å². The summed E-state index contributed by atoms with van der Waals surface area (Å²) in [5.74, 6) is 0. The number of benzene rings is 1. The summed E-state index contributed by atoms with van der Waals surface area (Å²) in [6.45, 7) is 0. The van der Waals surface area contributed by atoms with Crippen LogP contribution in [-0.4, -0.2) is 9.91 Å². The molecule has 0 bridgehead atoms. The number of hydrogen-bond acceptors (Lipinski definition) is 4. The van der Waals surface area contributed by atoms with Crippen LogP contribution in [0.5, 0.6) is 0 Å². The van der Waals surface area contributed by atoms with Gasteiger partial charge < -0.3 is 5.73 Å². The molecule has 0 saturated heterocycles. The molecule has 0 saturated carbocycles. The number of fused-ring (bicyclic) bond motifs is 1. The van der Waals surface area contributed by atoms with Crippen molar-refractivity contribution in [3.63, 3.8) is 0 Å². The molecule has 2 N–H and O–H groups in total. The minimum absolute atomic E-state index is 0.112. The molecule has 2 rings (SSSR count). The van der Waals surface area contributed by atoms with Crippen LogP contribution >= 0.6 is 0 Å².